The van der Waals surface area contributed by atoms with Gasteiger partial charge in [0.25, 0.3) is 0 Å². The molecule has 142 valence electrons. The molecule has 1 aliphatic carbocycles. The first-order valence-corrected chi connectivity index (χ1v) is 9.01. The first-order chi connectivity index (χ1) is 12.2. The van der Waals surface area contributed by atoms with E-state index in [1.807, 2.05) is 18.2 Å². The van der Waals surface area contributed by atoms with Crippen molar-refractivity contribution < 1.29 is 13.9 Å². The maximum absolute atomic E-state index is 13.8. The lowest BCUT2D eigenvalue weighted by Gasteiger charge is -2.15. The van der Waals surface area contributed by atoms with Crippen molar-refractivity contribution in [2.45, 2.75) is 44.9 Å². The Morgan fingerprint density at radius 1 is 1.15 bits per heavy atom. The molecule has 2 aromatic rings. The van der Waals surface area contributed by atoms with Crippen LogP contribution in [0.15, 0.2) is 36.4 Å². The molecule has 26 heavy (non-hydrogen) atoms. The number of nitrogens with one attached hydrogen (secondary N) is 1. The number of hydrogen-bond acceptors (Lipinski definition) is 3. The number of halogens is 3. The van der Waals surface area contributed by atoms with E-state index in [-0.39, 0.29) is 24.8 Å². The van der Waals surface area contributed by atoms with Gasteiger partial charge in [-0.1, -0.05) is 36.6 Å². The summed E-state index contributed by atoms with van der Waals surface area (Å²) in [7, 11) is 1.60. The zero-order valence-corrected chi connectivity index (χ0v) is 16.3. The number of rotatable bonds is 7. The molecule has 1 aliphatic rings. The van der Waals surface area contributed by atoms with Gasteiger partial charge in [-0.3, -0.25) is 0 Å². The molecule has 0 aliphatic heterocycles. The van der Waals surface area contributed by atoms with Gasteiger partial charge in [-0.25, -0.2) is 4.39 Å². The molecule has 3 nitrogen and oxygen atoms in total. The summed E-state index contributed by atoms with van der Waals surface area (Å²) in [4.78, 5) is 0. The molecule has 2 aromatic carbocycles. The molecule has 0 amide bonds. The quantitative estimate of drug-likeness (QED) is 0.664. The molecule has 3 rings (SSSR count). The third-order valence-electron chi connectivity index (χ3n) is 4.61. The molecule has 0 spiro atoms. The maximum atomic E-state index is 13.8. The molecule has 6 heteroatoms. The van der Waals surface area contributed by atoms with Crippen LogP contribution < -0.4 is 14.8 Å². The lowest BCUT2D eigenvalue weighted by atomic mass is 10.1. The molecule has 0 saturated heterocycles. The van der Waals surface area contributed by atoms with E-state index in [0.717, 1.165) is 12.1 Å². The van der Waals surface area contributed by atoms with Crippen LogP contribution in [0.3, 0.4) is 0 Å². The van der Waals surface area contributed by atoms with Crippen LogP contribution in [-0.2, 0) is 13.2 Å². The molecule has 1 saturated carbocycles. The Bertz CT molecular complexity index is 701. The van der Waals surface area contributed by atoms with Gasteiger partial charge in [-0.05, 0) is 42.7 Å². The summed E-state index contributed by atoms with van der Waals surface area (Å²) in [6, 6.07) is 11.0. The highest BCUT2D eigenvalue weighted by Gasteiger charge is 2.15. The molecule has 1 N–H and O–H groups in total. The molecule has 1 fully saturated rings. The Morgan fingerprint density at radius 3 is 2.62 bits per heavy atom. The van der Waals surface area contributed by atoms with Crippen LogP contribution in [0, 0.1) is 5.82 Å². The standard InChI is InChI=1S/C20H23ClFNO2.ClH/c1-24-20-11-14(12-23-15-5-2-3-6-15)9-10-19(20)25-13-16-17(21)7-4-8-18(16)22;/h4,7-11,15,23H,2-3,5-6,12-13H2,1H3;1H. The normalized spacial score (nSPS) is 14.1. The predicted molar refractivity (Wildman–Crippen MR) is 105 cm³/mol. The van der Waals surface area contributed by atoms with Crippen molar-refractivity contribution in [1.29, 1.82) is 0 Å². The minimum Gasteiger partial charge on any atom is -0.493 e. The average Bonchev–Trinajstić information content (AvgIpc) is 3.13. The minimum atomic E-state index is -0.371. The summed E-state index contributed by atoms with van der Waals surface area (Å²) in [6.07, 6.45) is 5.13. The van der Waals surface area contributed by atoms with Gasteiger partial charge < -0.3 is 14.8 Å². The molecular formula is C20H24Cl2FNO2. The Hall–Kier alpha value is -1.49. The average molecular weight is 400 g/mol. The van der Waals surface area contributed by atoms with Gasteiger partial charge in [0, 0.05) is 18.2 Å². The second kappa shape index (κ2) is 10.0. The Morgan fingerprint density at radius 2 is 1.92 bits per heavy atom. The van der Waals surface area contributed by atoms with Gasteiger partial charge in [-0.2, -0.15) is 0 Å². The van der Waals surface area contributed by atoms with Crippen LogP contribution in [-0.4, -0.2) is 13.2 Å². The van der Waals surface area contributed by atoms with E-state index in [1.165, 1.54) is 31.7 Å². The van der Waals surface area contributed by atoms with Gasteiger partial charge in [0.1, 0.15) is 12.4 Å². The first-order valence-electron chi connectivity index (χ1n) is 8.63. The smallest absolute Gasteiger partial charge is 0.161 e. The molecule has 0 atom stereocenters. The lowest BCUT2D eigenvalue weighted by molar-refractivity contribution is 0.279. The largest absolute Gasteiger partial charge is 0.493 e. The third-order valence-corrected chi connectivity index (χ3v) is 4.97. The molecule has 0 heterocycles. The van der Waals surface area contributed by atoms with Gasteiger partial charge >= 0.3 is 0 Å². The number of ether oxygens (including phenoxy) is 2. The third kappa shape index (κ3) is 5.26. The zero-order chi connectivity index (χ0) is 17.6. The SMILES string of the molecule is COc1cc(CNC2CCCC2)ccc1OCc1c(F)cccc1Cl.Cl. The topological polar surface area (TPSA) is 30.5 Å². The molecule has 0 bridgehead atoms. The van der Waals surface area contributed by atoms with Crippen LogP contribution in [0.1, 0.15) is 36.8 Å². The fourth-order valence-corrected chi connectivity index (χ4v) is 3.37. The van der Waals surface area contributed by atoms with Crippen molar-refractivity contribution in [3.8, 4) is 11.5 Å². The van der Waals surface area contributed by atoms with Crippen LogP contribution in [0.5, 0.6) is 11.5 Å². The number of benzene rings is 2. The van der Waals surface area contributed by atoms with Crippen molar-refractivity contribution in [3.63, 3.8) is 0 Å². The maximum Gasteiger partial charge on any atom is 0.161 e. The summed E-state index contributed by atoms with van der Waals surface area (Å²) in [5.74, 6) is 0.841. The van der Waals surface area contributed by atoms with E-state index < -0.39 is 0 Å². The molecule has 0 unspecified atom stereocenters. The molecule has 0 aromatic heterocycles. The highest BCUT2D eigenvalue weighted by molar-refractivity contribution is 6.31. The van der Waals surface area contributed by atoms with E-state index in [0.29, 0.717) is 28.1 Å². The zero-order valence-electron chi connectivity index (χ0n) is 14.8. The van der Waals surface area contributed by atoms with Crippen LogP contribution in [0.4, 0.5) is 4.39 Å². The second-order valence-corrected chi connectivity index (χ2v) is 6.74. The van der Waals surface area contributed by atoms with Gasteiger partial charge in [0.05, 0.1) is 12.1 Å². The monoisotopic (exact) mass is 399 g/mol. The van der Waals surface area contributed by atoms with E-state index in [4.69, 9.17) is 21.1 Å². The van der Waals surface area contributed by atoms with Crippen LogP contribution in [0.2, 0.25) is 5.02 Å². The highest BCUT2D eigenvalue weighted by atomic mass is 35.5. The summed E-state index contributed by atoms with van der Waals surface area (Å²) in [5, 5.41) is 3.94. The number of methoxy groups -OCH3 is 1. The minimum absolute atomic E-state index is 0. The second-order valence-electron chi connectivity index (χ2n) is 6.34. The van der Waals surface area contributed by atoms with Crippen molar-refractivity contribution >= 4 is 24.0 Å². The van der Waals surface area contributed by atoms with Crippen molar-refractivity contribution in [3.05, 3.63) is 58.4 Å². The van der Waals surface area contributed by atoms with Crippen molar-refractivity contribution in [2.75, 3.05) is 7.11 Å². The van der Waals surface area contributed by atoms with E-state index in [1.54, 1.807) is 19.2 Å². The predicted octanol–water partition coefficient (Wildman–Crippen LogP) is 5.52. The first kappa shape index (κ1) is 20.8. The summed E-state index contributed by atoms with van der Waals surface area (Å²) in [6.45, 7) is 0.863. The fourth-order valence-electron chi connectivity index (χ4n) is 3.15. The van der Waals surface area contributed by atoms with E-state index >= 15 is 0 Å². The van der Waals surface area contributed by atoms with Crippen LogP contribution >= 0.6 is 24.0 Å². The van der Waals surface area contributed by atoms with Gasteiger partial charge in [0.2, 0.25) is 0 Å². The van der Waals surface area contributed by atoms with Gasteiger partial charge in [0.15, 0.2) is 11.5 Å². The summed E-state index contributed by atoms with van der Waals surface area (Å²) >= 11 is 6.04. The van der Waals surface area contributed by atoms with Gasteiger partial charge in [-0.15, -0.1) is 12.4 Å². The van der Waals surface area contributed by atoms with Crippen molar-refractivity contribution in [1.82, 2.24) is 5.32 Å². The molecular weight excluding hydrogens is 376 g/mol. The van der Waals surface area contributed by atoms with E-state index in [2.05, 4.69) is 5.32 Å². The number of hydrogen-bond donors (Lipinski definition) is 1. The fraction of sp³-hybridized carbons (Fsp3) is 0.400. The lowest BCUT2D eigenvalue weighted by Crippen LogP contribution is -2.25. The summed E-state index contributed by atoms with van der Waals surface area (Å²) < 4.78 is 25.0. The Balaban J connectivity index is 0.00000243. The molecule has 0 radical (unpaired) electrons. The van der Waals surface area contributed by atoms with Crippen LogP contribution in [0.25, 0.3) is 0 Å². The summed E-state index contributed by atoms with van der Waals surface area (Å²) in [5.41, 5.74) is 1.48. The Kier molecular flexibility index (Phi) is 8.01. The van der Waals surface area contributed by atoms with E-state index in [9.17, 15) is 4.39 Å². The highest BCUT2D eigenvalue weighted by Crippen LogP contribution is 2.30. The van der Waals surface area contributed by atoms with Crippen molar-refractivity contribution in [2.24, 2.45) is 0 Å². The Labute approximate surface area is 165 Å².